The van der Waals surface area contributed by atoms with Gasteiger partial charge in [-0.1, -0.05) is 23.2 Å². The van der Waals surface area contributed by atoms with E-state index in [1.54, 1.807) is 30.3 Å². The molecule has 19 heavy (non-hydrogen) atoms. The fraction of sp³-hybridized carbons (Fsp3) is 0.0769. The Morgan fingerprint density at radius 1 is 1.21 bits per heavy atom. The largest absolute Gasteiger partial charge is 0.465 e. The van der Waals surface area contributed by atoms with Crippen LogP contribution in [0.15, 0.2) is 36.5 Å². The molecule has 4 nitrogen and oxygen atoms in total. The monoisotopic (exact) mass is 297 g/mol. The second-order valence-corrected chi connectivity index (χ2v) is 4.40. The number of nitrogens with zero attached hydrogens (tertiary/aromatic N) is 1. The number of rotatable bonds is 3. The smallest absolute Gasteiger partial charge is 0.339 e. The summed E-state index contributed by atoms with van der Waals surface area (Å²) in [5, 5.41) is 0.901. The van der Waals surface area contributed by atoms with Crippen molar-refractivity contribution in [3.63, 3.8) is 0 Å². The Balaban J connectivity index is 2.17. The summed E-state index contributed by atoms with van der Waals surface area (Å²) in [6.45, 7) is 0. The molecule has 0 N–H and O–H groups in total. The molecular weight excluding hydrogens is 289 g/mol. The van der Waals surface area contributed by atoms with E-state index in [0.717, 1.165) is 0 Å². The van der Waals surface area contributed by atoms with Crippen molar-refractivity contribution in [2.24, 2.45) is 0 Å². The Morgan fingerprint density at radius 2 is 2.00 bits per heavy atom. The third-order valence-electron chi connectivity index (χ3n) is 2.27. The van der Waals surface area contributed by atoms with E-state index in [0.29, 0.717) is 27.2 Å². The molecule has 0 spiro atoms. The van der Waals surface area contributed by atoms with Gasteiger partial charge < -0.3 is 9.47 Å². The van der Waals surface area contributed by atoms with Gasteiger partial charge in [-0.15, -0.1) is 0 Å². The Kier molecular flexibility index (Phi) is 4.24. The van der Waals surface area contributed by atoms with E-state index in [1.807, 2.05) is 0 Å². The molecule has 0 aliphatic carbocycles. The van der Waals surface area contributed by atoms with Crippen molar-refractivity contribution in [3.8, 4) is 11.6 Å². The Morgan fingerprint density at radius 3 is 2.58 bits per heavy atom. The molecule has 2 aromatic rings. The van der Waals surface area contributed by atoms with Gasteiger partial charge in [-0.25, -0.2) is 9.78 Å². The lowest BCUT2D eigenvalue weighted by Crippen LogP contribution is -2.01. The zero-order valence-electron chi connectivity index (χ0n) is 9.89. The Bertz CT molecular complexity index is 599. The second kappa shape index (κ2) is 5.91. The molecule has 0 radical (unpaired) electrons. The van der Waals surface area contributed by atoms with Gasteiger partial charge in [-0.3, -0.25) is 0 Å². The molecule has 0 saturated heterocycles. The normalized spacial score (nSPS) is 10.1. The number of methoxy groups -OCH3 is 1. The van der Waals surface area contributed by atoms with Crippen LogP contribution in [-0.2, 0) is 4.74 Å². The number of esters is 1. The van der Waals surface area contributed by atoms with Crippen LogP contribution in [-0.4, -0.2) is 18.1 Å². The molecule has 0 aliphatic heterocycles. The maximum atomic E-state index is 11.2. The van der Waals surface area contributed by atoms with E-state index >= 15 is 0 Å². The summed E-state index contributed by atoms with van der Waals surface area (Å²) in [4.78, 5) is 15.2. The summed E-state index contributed by atoms with van der Waals surface area (Å²) in [6.07, 6.45) is 1.37. The van der Waals surface area contributed by atoms with Gasteiger partial charge in [-0.05, 0) is 24.3 Å². The predicted molar refractivity (Wildman–Crippen MR) is 72.1 cm³/mol. The van der Waals surface area contributed by atoms with Gasteiger partial charge >= 0.3 is 5.97 Å². The lowest BCUT2D eigenvalue weighted by molar-refractivity contribution is 0.0600. The molecule has 0 amide bonds. The quantitative estimate of drug-likeness (QED) is 0.804. The van der Waals surface area contributed by atoms with Crippen LogP contribution in [0.25, 0.3) is 0 Å². The summed E-state index contributed by atoms with van der Waals surface area (Å²) in [5.41, 5.74) is 0.344. The van der Waals surface area contributed by atoms with Gasteiger partial charge in [-0.2, -0.15) is 0 Å². The number of hydrogen-bond donors (Lipinski definition) is 0. The highest BCUT2D eigenvalue weighted by molar-refractivity contribution is 6.35. The minimum Gasteiger partial charge on any atom is -0.465 e. The SMILES string of the molecule is COC(=O)c1ccc(Oc2ccc(Cl)cc2Cl)nc1. The van der Waals surface area contributed by atoms with Crippen LogP contribution in [0.2, 0.25) is 10.0 Å². The van der Waals surface area contributed by atoms with Crippen molar-refractivity contribution in [2.75, 3.05) is 7.11 Å². The third-order valence-corrected chi connectivity index (χ3v) is 2.80. The molecule has 1 aromatic carbocycles. The third kappa shape index (κ3) is 3.36. The second-order valence-electron chi connectivity index (χ2n) is 3.55. The predicted octanol–water partition coefficient (Wildman–Crippen LogP) is 3.97. The number of carbonyl (C=O) groups is 1. The average Bonchev–Trinajstić information content (AvgIpc) is 2.42. The molecule has 6 heteroatoms. The number of ether oxygens (including phenoxy) is 2. The summed E-state index contributed by atoms with van der Waals surface area (Å²) in [6, 6.07) is 7.97. The van der Waals surface area contributed by atoms with Crippen molar-refractivity contribution in [1.29, 1.82) is 0 Å². The minimum atomic E-state index is -0.455. The highest BCUT2D eigenvalue weighted by Crippen LogP contribution is 2.30. The molecule has 1 heterocycles. The lowest BCUT2D eigenvalue weighted by atomic mass is 10.3. The highest BCUT2D eigenvalue weighted by Gasteiger charge is 2.08. The van der Waals surface area contributed by atoms with E-state index in [4.69, 9.17) is 27.9 Å². The molecule has 0 bridgehead atoms. The maximum absolute atomic E-state index is 11.2. The van der Waals surface area contributed by atoms with E-state index in [-0.39, 0.29) is 0 Å². The standard InChI is InChI=1S/C13H9Cl2NO3/c1-18-13(17)8-2-5-12(16-7-8)19-11-4-3-9(14)6-10(11)15/h2-7H,1H3. The molecule has 0 atom stereocenters. The number of benzene rings is 1. The van der Waals surface area contributed by atoms with Gasteiger partial charge in [0.2, 0.25) is 5.88 Å². The van der Waals surface area contributed by atoms with Crippen LogP contribution in [0.4, 0.5) is 0 Å². The van der Waals surface area contributed by atoms with E-state index in [2.05, 4.69) is 9.72 Å². The molecule has 0 fully saturated rings. The van der Waals surface area contributed by atoms with Crippen molar-refractivity contribution in [3.05, 3.63) is 52.1 Å². The summed E-state index contributed by atoms with van der Waals surface area (Å²) < 4.78 is 10.0. The van der Waals surface area contributed by atoms with Crippen LogP contribution >= 0.6 is 23.2 Å². The minimum absolute atomic E-state index is 0.317. The first kappa shape index (κ1) is 13.6. The first-order valence-electron chi connectivity index (χ1n) is 5.27. The highest BCUT2D eigenvalue weighted by atomic mass is 35.5. The van der Waals surface area contributed by atoms with Gasteiger partial charge in [0.15, 0.2) is 0 Å². The van der Waals surface area contributed by atoms with E-state index in [9.17, 15) is 4.79 Å². The number of aromatic nitrogens is 1. The fourth-order valence-corrected chi connectivity index (χ4v) is 1.80. The molecule has 1 aromatic heterocycles. The molecule has 2 rings (SSSR count). The van der Waals surface area contributed by atoms with Gasteiger partial charge in [0, 0.05) is 17.3 Å². The summed E-state index contributed by atoms with van der Waals surface area (Å²) in [7, 11) is 1.31. The molecule has 0 unspecified atom stereocenters. The Hall–Kier alpha value is -1.78. The van der Waals surface area contributed by atoms with E-state index in [1.165, 1.54) is 13.3 Å². The number of carbonyl (C=O) groups excluding carboxylic acids is 1. The molecule has 98 valence electrons. The number of hydrogen-bond acceptors (Lipinski definition) is 4. The number of halogens is 2. The molecular formula is C13H9Cl2NO3. The van der Waals surface area contributed by atoms with Crippen molar-refractivity contribution in [1.82, 2.24) is 4.98 Å². The van der Waals surface area contributed by atoms with E-state index < -0.39 is 5.97 Å². The Labute approximate surface area is 119 Å². The van der Waals surface area contributed by atoms with Crippen LogP contribution in [0.5, 0.6) is 11.6 Å². The summed E-state index contributed by atoms with van der Waals surface area (Å²) >= 11 is 11.8. The summed E-state index contributed by atoms with van der Waals surface area (Å²) in [5.74, 6) is 0.296. The fourth-order valence-electron chi connectivity index (χ4n) is 1.35. The topological polar surface area (TPSA) is 48.4 Å². The van der Waals surface area contributed by atoms with Crippen molar-refractivity contribution >= 4 is 29.2 Å². The van der Waals surface area contributed by atoms with Crippen LogP contribution in [0, 0.1) is 0 Å². The number of pyridine rings is 1. The van der Waals surface area contributed by atoms with Gasteiger partial charge in [0.05, 0.1) is 17.7 Å². The first-order chi connectivity index (χ1) is 9.10. The van der Waals surface area contributed by atoms with Crippen molar-refractivity contribution in [2.45, 2.75) is 0 Å². The van der Waals surface area contributed by atoms with Crippen LogP contribution < -0.4 is 4.74 Å². The van der Waals surface area contributed by atoms with Crippen molar-refractivity contribution < 1.29 is 14.3 Å². The average molecular weight is 298 g/mol. The maximum Gasteiger partial charge on any atom is 0.339 e. The van der Waals surface area contributed by atoms with Gasteiger partial charge in [0.25, 0.3) is 0 Å². The van der Waals surface area contributed by atoms with Crippen LogP contribution in [0.3, 0.4) is 0 Å². The first-order valence-corrected chi connectivity index (χ1v) is 6.03. The lowest BCUT2D eigenvalue weighted by Gasteiger charge is -2.07. The molecule has 0 aliphatic rings. The zero-order chi connectivity index (χ0) is 13.8. The van der Waals surface area contributed by atoms with Crippen LogP contribution in [0.1, 0.15) is 10.4 Å². The zero-order valence-corrected chi connectivity index (χ0v) is 11.4. The molecule has 0 saturated carbocycles. The van der Waals surface area contributed by atoms with Gasteiger partial charge in [0.1, 0.15) is 5.75 Å².